The number of rotatable bonds is 7. The second kappa shape index (κ2) is 9.58. The lowest BCUT2D eigenvalue weighted by Crippen LogP contribution is -2.36. The highest BCUT2D eigenvalue weighted by atomic mass is 16.5. The predicted octanol–water partition coefficient (Wildman–Crippen LogP) is 3.59. The van der Waals surface area contributed by atoms with Gasteiger partial charge >= 0.3 is 6.09 Å². The number of isocyanates is 1. The maximum Gasteiger partial charge on any atom is 0.407 e. The number of aliphatic hydroxyl groups is 2. The van der Waals surface area contributed by atoms with Gasteiger partial charge in [-0.3, -0.25) is 0 Å². The number of aliphatic hydroxyl groups excluding tert-OH is 2. The zero-order valence-corrected chi connectivity index (χ0v) is 17.1. The molecule has 7 heteroatoms. The minimum absolute atomic E-state index is 0.0725. The molecule has 0 fully saturated rings. The van der Waals surface area contributed by atoms with Crippen LogP contribution in [0.2, 0.25) is 0 Å². The number of nitrogens with zero attached hydrogens (tertiary/aromatic N) is 1. The Hall–Kier alpha value is -3.77. The van der Waals surface area contributed by atoms with Crippen LogP contribution in [0, 0.1) is 0 Å². The number of fused-ring (bicyclic) bond motifs is 3. The smallest absolute Gasteiger partial charge is 0.407 e. The first kappa shape index (κ1) is 21.5. The van der Waals surface area contributed by atoms with Crippen molar-refractivity contribution in [2.75, 3.05) is 13.2 Å². The van der Waals surface area contributed by atoms with Crippen molar-refractivity contribution in [1.29, 1.82) is 0 Å². The summed E-state index contributed by atoms with van der Waals surface area (Å²) in [5, 5.41) is 23.2. The van der Waals surface area contributed by atoms with Crippen molar-refractivity contribution in [1.82, 2.24) is 5.32 Å². The van der Waals surface area contributed by atoms with Crippen LogP contribution in [0.3, 0.4) is 0 Å². The van der Waals surface area contributed by atoms with Gasteiger partial charge in [-0.2, -0.15) is 4.99 Å². The highest BCUT2D eigenvalue weighted by molar-refractivity contribution is 5.79. The number of benzene rings is 3. The van der Waals surface area contributed by atoms with E-state index in [1.807, 2.05) is 36.4 Å². The third-order valence-electron chi connectivity index (χ3n) is 5.59. The van der Waals surface area contributed by atoms with Gasteiger partial charge in [0.2, 0.25) is 6.08 Å². The van der Waals surface area contributed by atoms with E-state index >= 15 is 0 Å². The first-order chi connectivity index (χ1) is 15.6. The number of carbonyl (C=O) groups excluding carboxylic acids is 2. The van der Waals surface area contributed by atoms with Gasteiger partial charge in [0, 0.05) is 18.0 Å². The van der Waals surface area contributed by atoms with Gasteiger partial charge in [0.15, 0.2) is 0 Å². The molecule has 1 aliphatic rings. The largest absolute Gasteiger partial charge is 0.449 e. The molecule has 2 unspecified atom stereocenters. The number of alkyl carbamates (subject to hydrolysis) is 1. The third kappa shape index (κ3) is 4.31. The molecule has 1 aliphatic carbocycles. The van der Waals surface area contributed by atoms with Gasteiger partial charge in [0.1, 0.15) is 18.8 Å². The number of nitrogens with one attached hydrogen (secondary N) is 1. The summed E-state index contributed by atoms with van der Waals surface area (Å²) in [5.41, 5.74) is 4.93. The number of carbonyl (C=O) groups is 1. The summed E-state index contributed by atoms with van der Waals surface area (Å²) in [6.45, 7) is -0.0909. The van der Waals surface area contributed by atoms with E-state index in [0.29, 0.717) is 0 Å². The van der Waals surface area contributed by atoms with Crippen LogP contribution in [-0.2, 0) is 9.53 Å². The molecule has 0 saturated heterocycles. The van der Waals surface area contributed by atoms with Crippen LogP contribution < -0.4 is 5.32 Å². The fourth-order valence-electron chi connectivity index (χ4n) is 4.04. The van der Waals surface area contributed by atoms with Crippen LogP contribution in [0.4, 0.5) is 10.5 Å². The van der Waals surface area contributed by atoms with Gasteiger partial charge in [-0.05, 0) is 28.3 Å². The average molecular weight is 430 g/mol. The highest BCUT2D eigenvalue weighted by Crippen LogP contribution is 2.44. The topological polar surface area (TPSA) is 108 Å². The molecule has 1 amide bonds. The number of ether oxygens (including phenoxy) is 1. The molecule has 162 valence electrons. The van der Waals surface area contributed by atoms with E-state index in [0.717, 1.165) is 22.3 Å². The summed E-state index contributed by atoms with van der Waals surface area (Å²) < 4.78 is 5.43. The lowest BCUT2D eigenvalue weighted by molar-refractivity contribution is 0.0189. The van der Waals surface area contributed by atoms with E-state index in [1.54, 1.807) is 12.1 Å². The Kier molecular flexibility index (Phi) is 6.42. The van der Waals surface area contributed by atoms with Crippen molar-refractivity contribution in [2.45, 2.75) is 18.1 Å². The Morgan fingerprint density at radius 3 is 2.22 bits per heavy atom. The van der Waals surface area contributed by atoms with Crippen molar-refractivity contribution in [2.24, 2.45) is 4.99 Å². The number of hydrogen-bond acceptors (Lipinski definition) is 6. The zero-order valence-electron chi connectivity index (χ0n) is 17.1. The molecule has 2 atom stereocenters. The van der Waals surface area contributed by atoms with Gasteiger partial charge in [-0.15, -0.1) is 0 Å². The summed E-state index contributed by atoms with van der Waals surface area (Å²) >= 11 is 0. The first-order valence-corrected chi connectivity index (χ1v) is 10.2. The van der Waals surface area contributed by atoms with Crippen LogP contribution in [-0.4, -0.2) is 41.6 Å². The summed E-state index contributed by atoms with van der Waals surface area (Å²) in [4.78, 5) is 26.3. The van der Waals surface area contributed by atoms with Crippen molar-refractivity contribution >= 4 is 17.9 Å². The van der Waals surface area contributed by atoms with E-state index in [1.165, 1.54) is 18.2 Å². The van der Waals surface area contributed by atoms with Crippen LogP contribution in [0.1, 0.15) is 28.7 Å². The quantitative estimate of drug-likeness (QED) is 0.392. The second-order valence-electron chi connectivity index (χ2n) is 7.48. The molecule has 0 aliphatic heterocycles. The molecule has 0 heterocycles. The molecule has 0 saturated carbocycles. The molecule has 0 aromatic heterocycles. The van der Waals surface area contributed by atoms with E-state index < -0.39 is 18.3 Å². The number of para-hydroxylation sites is 1. The molecule has 0 spiro atoms. The van der Waals surface area contributed by atoms with E-state index in [4.69, 9.17) is 4.74 Å². The Balaban J connectivity index is 1.36. The SMILES string of the molecule is O=C=Nc1ccccc1C(O)C(O)CNC(=O)OCC1c2ccccc2-c2ccccc21. The molecule has 4 rings (SSSR count). The van der Waals surface area contributed by atoms with Crippen molar-refractivity contribution in [3.05, 3.63) is 89.5 Å². The number of amides is 1. The van der Waals surface area contributed by atoms with Gasteiger partial charge in [-0.1, -0.05) is 66.7 Å². The normalized spacial score (nSPS) is 13.9. The maximum absolute atomic E-state index is 12.3. The summed E-state index contributed by atoms with van der Waals surface area (Å²) in [6, 6.07) is 22.4. The van der Waals surface area contributed by atoms with E-state index in [2.05, 4.69) is 22.4 Å². The average Bonchev–Trinajstić information content (AvgIpc) is 3.15. The molecule has 7 nitrogen and oxygen atoms in total. The van der Waals surface area contributed by atoms with Gasteiger partial charge in [0.05, 0.1) is 5.69 Å². The zero-order chi connectivity index (χ0) is 22.5. The van der Waals surface area contributed by atoms with Gasteiger partial charge < -0.3 is 20.3 Å². The van der Waals surface area contributed by atoms with Crippen molar-refractivity contribution < 1.29 is 24.5 Å². The molecule has 3 N–H and O–H groups in total. The summed E-state index contributed by atoms with van der Waals surface area (Å²) in [6.07, 6.45) is -1.95. The summed E-state index contributed by atoms with van der Waals surface area (Å²) in [5.74, 6) is -0.0725. The van der Waals surface area contributed by atoms with E-state index in [9.17, 15) is 19.8 Å². The molecule has 3 aromatic rings. The van der Waals surface area contributed by atoms with Gasteiger partial charge in [-0.25, -0.2) is 9.59 Å². The first-order valence-electron chi connectivity index (χ1n) is 10.2. The minimum atomic E-state index is -1.35. The monoisotopic (exact) mass is 430 g/mol. The molecule has 3 aromatic carbocycles. The Morgan fingerprint density at radius 1 is 0.969 bits per heavy atom. The Bertz CT molecular complexity index is 1130. The minimum Gasteiger partial charge on any atom is -0.449 e. The fraction of sp³-hybridized carbons (Fsp3) is 0.200. The number of aliphatic imine (C=N–C) groups is 1. The standard InChI is InChI=1S/C25H22N2O5/c28-15-27-22-12-6-5-11-20(22)24(30)23(29)13-26-25(31)32-14-21-18-9-3-1-7-16(18)17-8-2-4-10-19(17)21/h1-12,21,23-24,29-30H,13-14H2,(H,26,31). The Morgan fingerprint density at radius 2 is 1.56 bits per heavy atom. The second-order valence-corrected chi connectivity index (χ2v) is 7.48. The van der Waals surface area contributed by atoms with Crippen LogP contribution >= 0.6 is 0 Å². The van der Waals surface area contributed by atoms with Crippen LogP contribution in [0.15, 0.2) is 77.8 Å². The molecule has 0 radical (unpaired) electrons. The van der Waals surface area contributed by atoms with Crippen LogP contribution in [0.5, 0.6) is 0 Å². The summed E-state index contributed by atoms with van der Waals surface area (Å²) in [7, 11) is 0. The molecular formula is C25H22N2O5. The third-order valence-corrected chi connectivity index (χ3v) is 5.59. The lowest BCUT2D eigenvalue weighted by atomic mass is 9.98. The highest BCUT2D eigenvalue weighted by Gasteiger charge is 2.29. The Labute approximate surface area is 185 Å². The molecule has 0 bridgehead atoms. The number of hydrogen-bond donors (Lipinski definition) is 3. The lowest BCUT2D eigenvalue weighted by Gasteiger charge is -2.20. The molecular weight excluding hydrogens is 408 g/mol. The van der Waals surface area contributed by atoms with E-state index in [-0.39, 0.29) is 30.3 Å². The van der Waals surface area contributed by atoms with Crippen molar-refractivity contribution in [3.8, 4) is 11.1 Å². The predicted molar refractivity (Wildman–Crippen MR) is 118 cm³/mol. The fourth-order valence-corrected chi connectivity index (χ4v) is 4.04. The maximum atomic E-state index is 12.3. The van der Waals surface area contributed by atoms with Crippen molar-refractivity contribution in [3.63, 3.8) is 0 Å². The van der Waals surface area contributed by atoms with Gasteiger partial charge in [0.25, 0.3) is 0 Å². The van der Waals surface area contributed by atoms with Crippen LogP contribution in [0.25, 0.3) is 11.1 Å². The molecule has 32 heavy (non-hydrogen) atoms.